The predicted molar refractivity (Wildman–Crippen MR) is 111 cm³/mol. The minimum atomic E-state index is -0.630. The lowest BCUT2D eigenvalue weighted by molar-refractivity contribution is -0.129. The van der Waals surface area contributed by atoms with Gasteiger partial charge in [-0.2, -0.15) is 5.26 Å². The standard InChI is InChI=1S/C23H24N4O3/c24-13-15-6-8-16(9-7-15)14-27-11-10-20(23(27)30)26-22(29)18-12-17-4-2-1-3-5-19(17)25-21(18)28/h6-9,12,20H,1-5,10-11,14H2,(H,25,28)(H,26,29). The van der Waals surface area contributed by atoms with E-state index in [1.807, 2.05) is 12.1 Å². The second-order valence-electron chi connectivity index (χ2n) is 7.96. The number of likely N-dealkylation sites (tertiary alicyclic amines) is 1. The molecule has 0 saturated carbocycles. The molecule has 1 fully saturated rings. The first kappa shape index (κ1) is 19.9. The van der Waals surface area contributed by atoms with E-state index in [0.717, 1.165) is 48.9 Å². The number of hydrogen-bond acceptors (Lipinski definition) is 4. The number of benzene rings is 1. The average molecular weight is 404 g/mol. The van der Waals surface area contributed by atoms with Crippen LogP contribution in [0.3, 0.4) is 0 Å². The lowest BCUT2D eigenvalue weighted by atomic mass is 10.1. The number of nitriles is 1. The Balaban J connectivity index is 1.43. The first-order valence-electron chi connectivity index (χ1n) is 10.4. The lowest BCUT2D eigenvalue weighted by Gasteiger charge is -2.17. The molecule has 0 radical (unpaired) electrons. The number of amides is 2. The van der Waals surface area contributed by atoms with Crippen LogP contribution in [0.1, 0.15) is 58.4 Å². The summed E-state index contributed by atoms with van der Waals surface area (Å²) in [7, 11) is 0. The van der Waals surface area contributed by atoms with Gasteiger partial charge in [0.1, 0.15) is 11.6 Å². The molecule has 1 atom stereocenters. The summed E-state index contributed by atoms with van der Waals surface area (Å²) >= 11 is 0. The van der Waals surface area contributed by atoms with Gasteiger partial charge in [-0.1, -0.05) is 18.6 Å². The van der Waals surface area contributed by atoms with Crippen molar-refractivity contribution in [1.82, 2.24) is 15.2 Å². The highest BCUT2D eigenvalue weighted by Crippen LogP contribution is 2.19. The monoisotopic (exact) mass is 404 g/mol. The quantitative estimate of drug-likeness (QED) is 0.761. The number of aromatic nitrogens is 1. The van der Waals surface area contributed by atoms with E-state index in [0.29, 0.717) is 25.1 Å². The number of pyridine rings is 1. The maximum absolute atomic E-state index is 12.7. The molecular formula is C23H24N4O3. The maximum Gasteiger partial charge on any atom is 0.261 e. The number of nitrogens with zero attached hydrogens (tertiary/aromatic N) is 2. The van der Waals surface area contributed by atoms with Crippen LogP contribution >= 0.6 is 0 Å². The summed E-state index contributed by atoms with van der Waals surface area (Å²) in [4.78, 5) is 42.5. The third-order valence-corrected chi connectivity index (χ3v) is 5.89. The van der Waals surface area contributed by atoms with Crippen molar-refractivity contribution in [2.75, 3.05) is 6.54 Å². The van der Waals surface area contributed by atoms with Crippen LogP contribution in [0.25, 0.3) is 0 Å². The van der Waals surface area contributed by atoms with Crippen molar-refractivity contribution in [3.05, 3.63) is 68.6 Å². The Morgan fingerprint density at radius 2 is 1.93 bits per heavy atom. The first-order valence-corrected chi connectivity index (χ1v) is 10.4. The topological polar surface area (TPSA) is 106 Å². The van der Waals surface area contributed by atoms with Crippen LogP contribution in [0.4, 0.5) is 0 Å². The number of carbonyl (C=O) groups excluding carboxylic acids is 2. The highest BCUT2D eigenvalue weighted by Gasteiger charge is 2.33. The summed E-state index contributed by atoms with van der Waals surface area (Å²) in [6.07, 6.45) is 5.39. The number of nitrogens with one attached hydrogen (secondary N) is 2. The van der Waals surface area contributed by atoms with Crippen LogP contribution in [0.15, 0.2) is 35.1 Å². The summed E-state index contributed by atoms with van der Waals surface area (Å²) in [5.74, 6) is -0.652. The third kappa shape index (κ3) is 4.13. The molecule has 154 valence electrons. The van der Waals surface area contributed by atoms with Crippen molar-refractivity contribution in [3.8, 4) is 6.07 Å². The van der Waals surface area contributed by atoms with Crippen LogP contribution in [0, 0.1) is 11.3 Å². The largest absolute Gasteiger partial charge is 0.340 e. The molecule has 2 aliphatic rings. The molecule has 4 rings (SSSR count). The number of rotatable bonds is 4. The van der Waals surface area contributed by atoms with E-state index in [-0.39, 0.29) is 11.5 Å². The van der Waals surface area contributed by atoms with Gasteiger partial charge >= 0.3 is 0 Å². The van der Waals surface area contributed by atoms with Gasteiger partial charge in [0.25, 0.3) is 11.5 Å². The molecule has 1 aromatic heterocycles. The molecule has 1 aliphatic heterocycles. The van der Waals surface area contributed by atoms with E-state index in [1.54, 1.807) is 23.1 Å². The van der Waals surface area contributed by atoms with Crippen LogP contribution in [0.2, 0.25) is 0 Å². The Bertz CT molecular complexity index is 1070. The van der Waals surface area contributed by atoms with Gasteiger partial charge in [-0.25, -0.2) is 0 Å². The minimum absolute atomic E-state index is 0.0778. The molecule has 0 bridgehead atoms. The number of aryl methyl sites for hydroxylation is 2. The van der Waals surface area contributed by atoms with Crippen molar-refractivity contribution in [3.63, 3.8) is 0 Å². The fourth-order valence-electron chi connectivity index (χ4n) is 4.19. The number of hydrogen-bond donors (Lipinski definition) is 2. The van der Waals surface area contributed by atoms with E-state index in [1.165, 1.54) is 0 Å². The number of carbonyl (C=O) groups is 2. The molecule has 7 nitrogen and oxygen atoms in total. The number of H-pyrrole nitrogens is 1. The SMILES string of the molecule is N#Cc1ccc(CN2CCC(NC(=O)c3cc4c([nH]c3=O)CCCCC4)C2=O)cc1. The Hall–Kier alpha value is -3.40. The summed E-state index contributed by atoms with van der Waals surface area (Å²) in [5.41, 5.74) is 3.14. The second-order valence-corrected chi connectivity index (χ2v) is 7.96. The second kappa shape index (κ2) is 8.54. The fourth-order valence-corrected chi connectivity index (χ4v) is 4.19. The molecule has 1 aromatic carbocycles. The predicted octanol–water partition coefficient (Wildman–Crippen LogP) is 2.05. The zero-order valence-corrected chi connectivity index (χ0v) is 16.7. The summed E-state index contributed by atoms with van der Waals surface area (Å²) in [5, 5.41) is 11.6. The van der Waals surface area contributed by atoms with Crippen molar-refractivity contribution in [2.45, 2.75) is 51.1 Å². The Morgan fingerprint density at radius 1 is 1.17 bits per heavy atom. The normalized spacial score (nSPS) is 18.4. The summed E-state index contributed by atoms with van der Waals surface area (Å²) in [6, 6.07) is 10.2. The average Bonchev–Trinajstić information content (AvgIpc) is 2.94. The van der Waals surface area contributed by atoms with Crippen LogP contribution < -0.4 is 10.9 Å². The van der Waals surface area contributed by atoms with E-state index in [9.17, 15) is 14.4 Å². The third-order valence-electron chi connectivity index (χ3n) is 5.89. The van der Waals surface area contributed by atoms with Crippen LogP contribution in [-0.2, 0) is 24.2 Å². The van der Waals surface area contributed by atoms with Gasteiger partial charge < -0.3 is 15.2 Å². The molecule has 30 heavy (non-hydrogen) atoms. The molecular weight excluding hydrogens is 380 g/mol. The molecule has 0 spiro atoms. The molecule has 1 aliphatic carbocycles. The van der Waals surface area contributed by atoms with Gasteiger partial charge in [0.15, 0.2) is 0 Å². The highest BCUT2D eigenvalue weighted by molar-refractivity contribution is 5.98. The van der Waals surface area contributed by atoms with Crippen LogP contribution in [-0.4, -0.2) is 34.3 Å². The fraction of sp³-hybridized carbons (Fsp3) is 0.391. The van der Waals surface area contributed by atoms with Crippen LogP contribution in [0.5, 0.6) is 0 Å². The van der Waals surface area contributed by atoms with Crippen molar-refractivity contribution >= 4 is 11.8 Å². The van der Waals surface area contributed by atoms with Gasteiger partial charge in [-0.05, 0) is 61.4 Å². The van der Waals surface area contributed by atoms with E-state index >= 15 is 0 Å². The highest BCUT2D eigenvalue weighted by atomic mass is 16.2. The van der Waals surface area contributed by atoms with E-state index in [2.05, 4.69) is 16.4 Å². The molecule has 2 heterocycles. The van der Waals surface area contributed by atoms with Crippen molar-refractivity contribution < 1.29 is 9.59 Å². The van der Waals surface area contributed by atoms with E-state index < -0.39 is 17.5 Å². The van der Waals surface area contributed by atoms with E-state index in [4.69, 9.17) is 5.26 Å². The summed E-state index contributed by atoms with van der Waals surface area (Å²) in [6.45, 7) is 0.959. The smallest absolute Gasteiger partial charge is 0.261 e. The zero-order valence-electron chi connectivity index (χ0n) is 16.7. The Kier molecular flexibility index (Phi) is 5.66. The van der Waals surface area contributed by atoms with Gasteiger partial charge in [0.2, 0.25) is 5.91 Å². The molecule has 2 aromatic rings. The Morgan fingerprint density at radius 3 is 2.70 bits per heavy atom. The zero-order chi connectivity index (χ0) is 21.1. The molecule has 2 amide bonds. The van der Waals surface area contributed by atoms with Gasteiger partial charge in [-0.15, -0.1) is 0 Å². The molecule has 7 heteroatoms. The minimum Gasteiger partial charge on any atom is -0.340 e. The lowest BCUT2D eigenvalue weighted by Crippen LogP contribution is -2.43. The van der Waals surface area contributed by atoms with Gasteiger partial charge in [-0.3, -0.25) is 14.4 Å². The maximum atomic E-state index is 12.7. The molecule has 1 unspecified atom stereocenters. The van der Waals surface area contributed by atoms with Gasteiger partial charge in [0.05, 0.1) is 11.6 Å². The Labute approximate surface area is 174 Å². The van der Waals surface area contributed by atoms with Crippen molar-refractivity contribution in [2.24, 2.45) is 0 Å². The number of fused-ring (bicyclic) bond motifs is 1. The summed E-state index contributed by atoms with van der Waals surface area (Å²) < 4.78 is 0. The van der Waals surface area contributed by atoms with Crippen molar-refractivity contribution in [1.29, 1.82) is 5.26 Å². The molecule has 1 saturated heterocycles. The number of aromatic amines is 1. The first-order chi connectivity index (χ1) is 14.5. The molecule has 2 N–H and O–H groups in total. The van der Waals surface area contributed by atoms with Gasteiger partial charge in [0, 0.05) is 18.8 Å².